The summed E-state index contributed by atoms with van der Waals surface area (Å²) in [5, 5.41) is 11.9. The molecule has 0 atom stereocenters. The quantitative estimate of drug-likeness (QED) is 0.854. The fourth-order valence-corrected chi connectivity index (χ4v) is 3.73. The molecule has 0 unspecified atom stereocenters. The number of amides is 1. The van der Waals surface area contributed by atoms with Gasteiger partial charge in [-0.25, -0.2) is 0 Å². The highest BCUT2D eigenvalue weighted by Gasteiger charge is 2.41. The Morgan fingerprint density at radius 3 is 2.58 bits per heavy atom. The molecule has 2 heterocycles. The normalized spacial score (nSPS) is 16.8. The van der Waals surface area contributed by atoms with Crippen LogP contribution < -0.4 is 10.6 Å². The molecule has 0 radical (unpaired) electrons. The Morgan fingerprint density at radius 1 is 1.25 bits per heavy atom. The molecule has 3 rings (SSSR count). The van der Waals surface area contributed by atoms with Crippen molar-refractivity contribution >= 4 is 29.1 Å². The first kappa shape index (κ1) is 17.3. The number of carbonyl (C=O) groups is 1. The van der Waals surface area contributed by atoms with Gasteiger partial charge >= 0.3 is 0 Å². The Kier molecular flexibility index (Phi) is 5.43. The number of hydrogen-bond donors (Lipinski definition) is 2. The predicted molar refractivity (Wildman–Crippen MR) is 95.5 cm³/mol. The van der Waals surface area contributed by atoms with E-state index in [4.69, 9.17) is 23.2 Å². The minimum atomic E-state index is -0.610. The van der Waals surface area contributed by atoms with Crippen molar-refractivity contribution in [2.75, 3.05) is 19.6 Å². The molecule has 1 fully saturated rings. The van der Waals surface area contributed by atoms with Crippen molar-refractivity contribution in [3.05, 3.63) is 52.3 Å². The van der Waals surface area contributed by atoms with Gasteiger partial charge < -0.3 is 10.6 Å². The van der Waals surface area contributed by atoms with Crippen LogP contribution in [0.2, 0.25) is 10.0 Å². The van der Waals surface area contributed by atoms with E-state index in [0.717, 1.165) is 31.5 Å². The summed E-state index contributed by atoms with van der Waals surface area (Å²) in [5.74, 6) is 0.0147. The number of halogens is 2. The van der Waals surface area contributed by atoms with E-state index < -0.39 is 5.54 Å². The van der Waals surface area contributed by atoms with Crippen LogP contribution in [-0.2, 0) is 16.8 Å². The highest BCUT2D eigenvalue weighted by molar-refractivity contribution is 6.34. The summed E-state index contributed by atoms with van der Waals surface area (Å²) < 4.78 is 1.79. The second-order valence-electron chi connectivity index (χ2n) is 6.02. The molecule has 1 saturated heterocycles. The average Bonchev–Trinajstić information content (AvgIpc) is 3.09. The van der Waals surface area contributed by atoms with Crippen LogP contribution in [0, 0.1) is 0 Å². The molecule has 7 heteroatoms. The zero-order chi connectivity index (χ0) is 17.0. The lowest BCUT2D eigenvalue weighted by atomic mass is 9.87. The molecule has 24 heavy (non-hydrogen) atoms. The summed E-state index contributed by atoms with van der Waals surface area (Å²) in [4.78, 5) is 12.9. The number of aromatic nitrogens is 2. The molecule has 1 aromatic heterocycles. The third-order valence-corrected chi connectivity index (χ3v) is 4.85. The van der Waals surface area contributed by atoms with E-state index in [1.54, 1.807) is 16.9 Å². The number of benzene rings is 1. The van der Waals surface area contributed by atoms with E-state index in [1.807, 2.05) is 24.4 Å². The van der Waals surface area contributed by atoms with E-state index >= 15 is 0 Å². The number of piperidine rings is 1. The Bertz CT molecular complexity index is 676. The average molecular weight is 367 g/mol. The maximum absolute atomic E-state index is 12.9. The van der Waals surface area contributed by atoms with Gasteiger partial charge in [0.2, 0.25) is 5.91 Å². The molecule has 5 nitrogen and oxygen atoms in total. The monoisotopic (exact) mass is 366 g/mol. The Morgan fingerprint density at radius 2 is 1.96 bits per heavy atom. The summed E-state index contributed by atoms with van der Waals surface area (Å²) >= 11 is 12.0. The van der Waals surface area contributed by atoms with Gasteiger partial charge in [-0.1, -0.05) is 23.2 Å². The fraction of sp³-hybridized carbons (Fsp3) is 0.412. The molecule has 1 amide bonds. The number of rotatable bonds is 5. The molecular weight excluding hydrogens is 347 g/mol. The molecule has 0 aliphatic carbocycles. The first-order valence-electron chi connectivity index (χ1n) is 8.04. The topological polar surface area (TPSA) is 59.0 Å². The summed E-state index contributed by atoms with van der Waals surface area (Å²) in [6.07, 6.45) is 5.71. The molecule has 2 aromatic rings. The number of nitrogens with zero attached hydrogens (tertiary/aromatic N) is 2. The van der Waals surface area contributed by atoms with Gasteiger partial charge in [-0.3, -0.25) is 9.48 Å². The third kappa shape index (κ3) is 3.74. The van der Waals surface area contributed by atoms with Gasteiger partial charge in [-0.2, -0.15) is 5.10 Å². The van der Waals surface area contributed by atoms with Gasteiger partial charge in [0.25, 0.3) is 0 Å². The van der Waals surface area contributed by atoms with Crippen LogP contribution >= 0.6 is 23.2 Å². The van der Waals surface area contributed by atoms with Gasteiger partial charge in [0.05, 0.1) is 0 Å². The summed E-state index contributed by atoms with van der Waals surface area (Å²) in [6, 6.07) is 7.29. The largest absolute Gasteiger partial charge is 0.354 e. The molecule has 128 valence electrons. The van der Waals surface area contributed by atoms with Crippen molar-refractivity contribution in [1.29, 1.82) is 0 Å². The Balaban J connectivity index is 1.66. The van der Waals surface area contributed by atoms with Gasteiger partial charge in [-0.15, -0.1) is 0 Å². The summed E-state index contributed by atoms with van der Waals surface area (Å²) in [6.45, 7) is 2.14. The van der Waals surface area contributed by atoms with E-state index in [0.29, 0.717) is 23.0 Å². The first-order chi connectivity index (χ1) is 11.6. The second kappa shape index (κ2) is 7.55. The molecular formula is C17H20Cl2N4O. The van der Waals surface area contributed by atoms with E-state index in [1.165, 1.54) is 0 Å². The lowest BCUT2D eigenvalue weighted by Crippen LogP contribution is -2.54. The highest BCUT2D eigenvalue weighted by Crippen LogP contribution is 2.27. The van der Waals surface area contributed by atoms with Crippen LogP contribution in [0.4, 0.5) is 0 Å². The maximum atomic E-state index is 12.9. The van der Waals surface area contributed by atoms with Crippen LogP contribution in [0.1, 0.15) is 18.4 Å². The second-order valence-corrected chi connectivity index (χ2v) is 6.89. The van der Waals surface area contributed by atoms with Crippen molar-refractivity contribution in [3.8, 4) is 0 Å². The van der Waals surface area contributed by atoms with Crippen LogP contribution in [-0.4, -0.2) is 35.3 Å². The van der Waals surface area contributed by atoms with Crippen molar-refractivity contribution < 1.29 is 4.79 Å². The predicted octanol–water partition coefficient (Wildman–Crippen LogP) is 2.63. The third-order valence-electron chi connectivity index (χ3n) is 4.42. The van der Waals surface area contributed by atoms with Crippen LogP contribution in [0.15, 0.2) is 36.7 Å². The smallest absolute Gasteiger partial charge is 0.248 e. The summed E-state index contributed by atoms with van der Waals surface area (Å²) in [7, 11) is 0. The molecule has 0 saturated carbocycles. The van der Waals surface area contributed by atoms with Crippen molar-refractivity contribution in [2.24, 2.45) is 0 Å². The van der Waals surface area contributed by atoms with Crippen LogP contribution in [0.25, 0.3) is 0 Å². The first-order valence-corrected chi connectivity index (χ1v) is 8.80. The van der Waals surface area contributed by atoms with Crippen molar-refractivity contribution in [2.45, 2.75) is 24.8 Å². The number of carbonyl (C=O) groups excluding carboxylic acids is 1. The van der Waals surface area contributed by atoms with E-state index in [-0.39, 0.29) is 5.91 Å². The molecule has 1 aliphatic rings. The SMILES string of the molecule is O=C(NCCc1cc(Cl)cc(Cl)c1)C1(n2cccn2)CCNCC1. The molecule has 0 spiro atoms. The van der Waals surface area contributed by atoms with Gasteiger partial charge in [0.1, 0.15) is 5.54 Å². The minimum absolute atomic E-state index is 0.0147. The van der Waals surface area contributed by atoms with Gasteiger partial charge in [0.15, 0.2) is 0 Å². The lowest BCUT2D eigenvalue weighted by molar-refractivity contribution is -0.131. The van der Waals surface area contributed by atoms with E-state index in [9.17, 15) is 4.79 Å². The molecule has 2 N–H and O–H groups in total. The van der Waals surface area contributed by atoms with Gasteiger partial charge in [-0.05, 0) is 62.2 Å². The maximum Gasteiger partial charge on any atom is 0.248 e. The van der Waals surface area contributed by atoms with Gasteiger partial charge in [0, 0.05) is 29.0 Å². The number of nitrogens with one attached hydrogen (secondary N) is 2. The van der Waals surface area contributed by atoms with Crippen molar-refractivity contribution in [1.82, 2.24) is 20.4 Å². The number of hydrogen-bond acceptors (Lipinski definition) is 3. The van der Waals surface area contributed by atoms with E-state index in [2.05, 4.69) is 15.7 Å². The minimum Gasteiger partial charge on any atom is -0.354 e. The molecule has 1 aromatic carbocycles. The van der Waals surface area contributed by atoms with Crippen LogP contribution in [0.5, 0.6) is 0 Å². The fourth-order valence-electron chi connectivity index (χ4n) is 3.16. The lowest BCUT2D eigenvalue weighted by Gasteiger charge is -2.36. The zero-order valence-electron chi connectivity index (χ0n) is 13.3. The van der Waals surface area contributed by atoms with Crippen LogP contribution in [0.3, 0.4) is 0 Å². The Hall–Kier alpha value is -1.56. The van der Waals surface area contributed by atoms with Crippen molar-refractivity contribution in [3.63, 3.8) is 0 Å². The molecule has 0 bridgehead atoms. The summed E-state index contributed by atoms with van der Waals surface area (Å²) in [5.41, 5.74) is 0.395. The zero-order valence-corrected chi connectivity index (χ0v) is 14.8. The highest BCUT2D eigenvalue weighted by atomic mass is 35.5. The molecule has 1 aliphatic heterocycles. The standard InChI is InChI=1S/C17H20Cl2N4O/c18-14-10-13(11-15(19)12-14)2-6-21-16(24)17(3-7-20-8-4-17)23-9-1-5-22-23/h1,5,9-12,20H,2-4,6-8H2,(H,21,24). The Labute approximate surface area is 151 Å².